The Morgan fingerprint density at radius 1 is 1.14 bits per heavy atom. The Morgan fingerprint density at radius 3 is 2.48 bits per heavy atom. The summed E-state index contributed by atoms with van der Waals surface area (Å²) in [6, 6.07) is 15.0. The molecule has 6 nitrogen and oxygen atoms in total. The Morgan fingerprint density at radius 2 is 1.83 bits per heavy atom. The van der Waals surface area contributed by atoms with Crippen LogP contribution in [-0.4, -0.2) is 32.5 Å². The number of ketones is 1. The number of aliphatic carboxylic acids is 1. The summed E-state index contributed by atoms with van der Waals surface area (Å²) in [4.78, 5) is 27.7. The molecule has 0 saturated heterocycles. The fourth-order valence-electron chi connectivity index (χ4n) is 2.63. The fraction of sp³-hybridized carbons (Fsp3) is 0.174. The van der Waals surface area contributed by atoms with Gasteiger partial charge in [0.15, 0.2) is 11.9 Å². The molecule has 0 fully saturated rings. The van der Waals surface area contributed by atoms with Crippen molar-refractivity contribution in [2.24, 2.45) is 0 Å². The Bertz CT molecular complexity index is 1020. The van der Waals surface area contributed by atoms with Crippen molar-refractivity contribution in [1.29, 1.82) is 0 Å². The van der Waals surface area contributed by atoms with Gasteiger partial charge in [0, 0.05) is 24.2 Å². The molecule has 0 radical (unpaired) electrons. The molecule has 1 N–H and O–H groups in total. The predicted molar refractivity (Wildman–Crippen MR) is 110 cm³/mol. The topological polar surface area (TPSA) is 81.4 Å². The summed E-state index contributed by atoms with van der Waals surface area (Å²) in [7, 11) is 0. The van der Waals surface area contributed by atoms with Crippen LogP contribution in [0.4, 0.5) is 0 Å². The molecule has 2 aromatic carbocycles. The number of hydrogen-bond donors (Lipinski definition) is 1. The Kier molecular flexibility index (Phi) is 6.36. The fourth-order valence-corrected chi connectivity index (χ4v) is 2.63. The summed E-state index contributed by atoms with van der Waals surface area (Å²) in [5, 5.41) is 8.85. The van der Waals surface area contributed by atoms with E-state index in [1.807, 2.05) is 49.4 Å². The third kappa shape index (κ3) is 5.27. The van der Waals surface area contributed by atoms with E-state index in [0.717, 1.165) is 16.7 Å². The van der Waals surface area contributed by atoms with Crippen molar-refractivity contribution in [3.8, 4) is 0 Å². The molecular formula is C23H22N2O4. The number of aromatic nitrogens is 2. The van der Waals surface area contributed by atoms with Crippen molar-refractivity contribution < 1.29 is 19.4 Å². The normalized spacial score (nSPS) is 12.2. The van der Waals surface area contributed by atoms with Gasteiger partial charge >= 0.3 is 5.97 Å². The molecule has 29 heavy (non-hydrogen) atoms. The van der Waals surface area contributed by atoms with Crippen LogP contribution in [-0.2, 0) is 16.1 Å². The highest BCUT2D eigenvalue weighted by atomic mass is 16.5. The van der Waals surface area contributed by atoms with Crippen molar-refractivity contribution in [2.75, 3.05) is 0 Å². The second-order valence-electron chi connectivity index (χ2n) is 6.70. The van der Waals surface area contributed by atoms with E-state index >= 15 is 0 Å². The first-order valence-corrected chi connectivity index (χ1v) is 9.20. The van der Waals surface area contributed by atoms with E-state index < -0.39 is 12.1 Å². The first kappa shape index (κ1) is 20.2. The number of benzene rings is 2. The van der Waals surface area contributed by atoms with Crippen LogP contribution in [0.2, 0.25) is 0 Å². The number of rotatable bonds is 8. The Balaban J connectivity index is 1.68. The minimum Gasteiger partial charge on any atom is -0.479 e. The number of imidazole rings is 1. The molecule has 3 rings (SSSR count). The first-order valence-electron chi connectivity index (χ1n) is 9.20. The SMILES string of the molecule is Cc1ccc(C(=O)c2nccn2C=Cc2ccc(CO[C@H](C)C(=O)O)cc2)cc1. The second kappa shape index (κ2) is 9.12. The molecular weight excluding hydrogens is 368 g/mol. The summed E-state index contributed by atoms with van der Waals surface area (Å²) < 4.78 is 6.96. The average Bonchev–Trinajstić information content (AvgIpc) is 3.19. The molecule has 0 amide bonds. The number of carbonyl (C=O) groups excluding carboxylic acids is 1. The molecule has 0 spiro atoms. The molecule has 6 heteroatoms. The van der Waals surface area contributed by atoms with Crippen LogP contribution in [0.25, 0.3) is 12.3 Å². The average molecular weight is 390 g/mol. The minimum atomic E-state index is -0.985. The third-order valence-electron chi connectivity index (χ3n) is 4.44. The summed E-state index contributed by atoms with van der Waals surface area (Å²) >= 11 is 0. The van der Waals surface area contributed by atoms with Crippen LogP contribution in [0.15, 0.2) is 60.9 Å². The van der Waals surface area contributed by atoms with Crippen molar-refractivity contribution in [2.45, 2.75) is 26.6 Å². The molecule has 0 bridgehead atoms. The standard InChI is InChI=1S/C23H22N2O4/c1-16-3-9-20(10-4-16)21(26)22-24-12-14-25(22)13-11-18-5-7-19(8-6-18)15-29-17(2)23(27)28/h3-14,17H,15H2,1-2H3,(H,27,28)/t17-/m1/s1. The molecule has 3 aromatic rings. The van der Waals surface area contributed by atoms with Gasteiger partial charge in [-0.05, 0) is 31.1 Å². The smallest absolute Gasteiger partial charge is 0.332 e. The number of carbonyl (C=O) groups is 2. The van der Waals surface area contributed by atoms with E-state index in [1.165, 1.54) is 6.92 Å². The summed E-state index contributed by atoms with van der Waals surface area (Å²) in [6.45, 7) is 3.70. The van der Waals surface area contributed by atoms with Crippen LogP contribution in [0, 0.1) is 6.92 Å². The number of carboxylic acid groups (broad SMARTS) is 1. The van der Waals surface area contributed by atoms with Gasteiger partial charge in [0.2, 0.25) is 5.78 Å². The Hall–Kier alpha value is -3.51. The molecule has 0 aliphatic rings. The second-order valence-corrected chi connectivity index (χ2v) is 6.70. The van der Waals surface area contributed by atoms with Gasteiger partial charge in [-0.1, -0.05) is 54.1 Å². The van der Waals surface area contributed by atoms with Crippen molar-refractivity contribution in [1.82, 2.24) is 9.55 Å². The highest BCUT2D eigenvalue weighted by molar-refractivity contribution is 6.07. The van der Waals surface area contributed by atoms with Crippen LogP contribution in [0.1, 0.15) is 39.8 Å². The van der Waals surface area contributed by atoms with E-state index in [0.29, 0.717) is 11.4 Å². The number of aryl methyl sites for hydroxylation is 1. The van der Waals surface area contributed by atoms with Gasteiger partial charge in [0.25, 0.3) is 0 Å². The van der Waals surface area contributed by atoms with E-state index in [1.54, 1.807) is 35.3 Å². The lowest BCUT2D eigenvalue weighted by molar-refractivity contribution is -0.149. The third-order valence-corrected chi connectivity index (χ3v) is 4.44. The van der Waals surface area contributed by atoms with Crippen LogP contribution < -0.4 is 0 Å². The lowest BCUT2D eigenvalue weighted by Crippen LogP contribution is -2.19. The Labute approximate surface area is 169 Å². The van der Waals surface area contributed by atoms with Gasteiger partial charge in [-0.2, -0.15) is 0 Å². The van der Waals surface area contributed by atoms with Gasteiger partial charge in [-0.3, -0.25) is 4.79 Å². The quantitative estimate of drug-likeness (QED) is 0.587. The minimum absolute atomic E-state index is 0.139. The molecule has 148 valence electrons. The molecule has 0 unspecified atom stereocenters. The summed E-state index contributed by atoms with van der Waals surface area (Å²) in [6.07, 6.45) is 6.13. The first-order chi connectivity index (χ1) is 13.9. The van der Waals surface area contributed by atoms with Gasteiger partial charge in [-0.25, -0.2) is 9.78 Å². The van der Waals surface area contributed by atoms with E-state index in [9.17, 15) is 9.59 Å². The number of carboxylic acids is 1. The van der Waals surface area contributed by atoms with E-state index in [-0.39, 0.29) is 12.4 Å². The van der Waals surface area contributed by atoms with Crippen LogP contribution >= 0.6 is 0 Å². The number of nitrogens with zero attached hydrogens (tertiary/aromatic N) is 2. The van der Waals surface area contributed by atoms with Crippen molar-refractivity contribution >= 4 is 24.0 Å². The molecule has 0 aliphatic heterocycles. The lowest BCUT2D eigenvalue weighted by Gasteiger charge is -2.08. The lowest BCUT2D eigenvalue weighted by atomic mass is 10.1. The van der Waals surface area contributed by atoms with Crippen molar-refractivity contribution in [3.05, 3.63) is 89.0 Å². The zero-order chi connectivity index (χ0) is 20.8. The molecule has 0 saturated carbocycles. The molecule has 1 atom stereocenters. The summed E-state index contributed by atoms with van der Waals surface area (Å²) in [5.41, 5.74) is 3.50. The van der Waals surface area contributed by atoms with Crippen LogP contribution in [0.5, 0.6) is 0 Å². The van der Waals surface area contributed by atoms with Crippen molar-refractivity contribution in [3.63, 3.8) is 0 Å². The zero-order valence-corrected chi connectivity index (χ0v) is 16.3. The van der Waals surface area contributed by atoms with Gasteiger partial charge in [-0.15, -0.1) is 0 Å². The maximum absolute atomic E-state index is 12.7. The monoisotopic (exact) mass is 390 g/mol. The highest BCUT2D eigenvalue weighted by Crippen LogP contribution is 2.13. The molecule has 1 heterocycles. The summed E-state index contributed by atoms with van der Waals surface area (Å²) in [5.74, 6) is -0.779. The zero-order valence-electron chi connectivity index (χ0n) is 16.3. The maximum Gasteiger partial charge on any atom is 0.332 e. The highest BCUT2D eigenvalue weighted by Gasteiger charge is 2.14. The van der Waals surface area contributed by atoms with Gasteiger partial charge in [0.1, 0.15) is 0 Å². The predicted octanol–water partition coefficient (Wildman–Crippen LogP) is 4.04. The van der Waals surface area contributed by atoms with E-state index in [2.05, 4.69) is 4.98 Å². The van der Waals surface area contributed by atoms with E-state index in [4.69, 9.17) is 9.84 Å². The molecule has 0 aliphatic carbocycles. The molecule has 1 aromatic heterocycles. The number of ether oxygens (including phenoxy) is 1. The largest absolute Gasteiger partial charge is 0.479 e. The maximum atomic E-state index is 12.7. The number of hydrogen-bond acceptors (Lipinski definition) is 4. The van der Waals surface area contributed by atoms with Gasteiger partial charge in [0.05, 0.1) is 6.61 Å². The van der Waals surface area contributed by atoms with Crippen LogP contribution in [0.3, 0.4) is 0 Å². The van der Waals surface area contributed by atoms with Gasteiger partial charge < -0.3 is 14.4 Å².